The number of phenols is 1. The first-order valence-electron chi connectivity index (χ1n) is 6.55. The minimum atomic E-state index is -0.548. The number of halogens is 2. The topological polar surface area (TPSA) is 49.3 Å². The Morgan fingerprint density at radius 3 is 2.57 bits per heavy atom. The van der Waals surface area contributed by atoms with Crippen molar-refractivity contribution in [3.05, 3.63) is 52.8 Å². The van der Waals surface area contributed by atoms with Crippen LogP contribution in [0.2, 0.25) is 5.02 Å². The standard InChI is InChI=1S/C16H15ClFNO2/c1-2-19-16(21)7-10-3-5-11(6-4-10)12-8-13(17)15(20)9-14(12)18/h3-6,8-9,20H,2,7H2,1H3,(H,19,21). The van der Waals surface area contributed by atoms with Gasteiger partial charge in [0.25, 0.3) is 0 Å². The van der Waals surface area contributed by atoms with Crippen molar-refractivity contribution in [3.8, 4) is 16.9 Å². The second kappa shape index (κ2) is 6.59. The molecule has 2 N–H and O–H groups in total. The molecular weight excluding hydrogens is 293 g/mol. The van der Waals surface area contributed by atoms with Gasteiger partial charge >= 0.3 is 0 Å². The van der Waals surface area contributed by atoms with Crippen LogP contribution in [-0.4, -0.2) is 17.6 Å². The van der Waals surface area contributed by atoms with Gasteiger partial charge in [0.15, 0.2) is 0 Å². The molecule has 0 saturated carbocycles. The maximum Gasteiger partial charge on any atom is 0.224 e. The first-order valence-corrected chi connectivity index (χ1v) is 6.93. The predicted molar refractivity (Wildman–Crippen MR) is 80.9 cm³/mol. The van der Waals surface area contributed by atoms with E-state index in [0.717, 1.165) is 11.6 Å². The molecule has 2 aromatic rings. The largest absolute Gasteiger partial charge is 0.506 e. The van der Waals surface area contributed by atoms with Crippen LogP contribution in [0.3, 0.4) is 0 Å². The van der Waals surface area contributed by atoms with Crippen molar-refractivity contribution < 1.29 is 14.3 Å². The lowest BCUT2D eigenvalue weighted by atomic mass is 10.0. The van der Waals surface area contributed by atoms with Crippen molar-refractivity contribution in [2.75, 3.05) is 6.54 Å². The molecule has 3 nitrogen and oxygen atoms in total. The van der Waals surface area contributed by atoms with Crippen LogP contribution >= 0.6 is 11.6 Å². The summed E-state index contributed by atoms with van der Waals surface area (Å²) in [5, 5.41) is 12.2. The van der Waals surface area contributed by atoms with E-state index < -0.39 is 5.82 Å². The normalized spacial score (nSPS) is 10.4. The molecule has 0 aliphatic heterocycles. The summed E-state index contributed by atoms with van der Waals surface area (Å²) in [4.78, 5) is 11.5. The third kappa shape index (κ3) is 3.73. The summed E-state index contributed by atoms with van der Waals surface area (Å²) in [5.41, 5.74) is 1.78. The van der Waals surface area contributed by atoms with Gasteiger partial charge in [-0.15, -0.1) is 0 Å². The van der Waals surface area contributed by atoms with Crippen LogP contribution in [0.4, 0.5) is 4.39 Å². The Morgan fingerprint density at radius 2 is 1.95 bits per heavy atom. The van der Waals surface area contributed by atoms with Gasteiger partial charge in [-0.2, -0.15) is 0 Å². The molecule has 21 heavy (non-hydrogen) atoms. The first kappa shape index (κ1) is 15.3. The van der Waals surface area contributed by atoms with Crippen LogP contribution in [0.15, 0.2) is 36.4 Å². The smallest absolute Gasteiger partial charge is 0.224 e. The summed E-state index contributed by atoms with van der Waals surface area (Å²) in [6, 6.07) is 9.35. The van der Waals surface area contributed by atoms with E-state index >= 15 is 0 Å². The molecule has 0 saturated heterocycles. The molecule has 110 valence electrons. The molecule has 0 aromatic heterocycles. The summed E-state index contributed by atoms with van der Waals surface area (Å²) in [7, 11) is 0. The van der Waals surface area contributed by atoms with Crippen LogP contribution in [0.1, 0.15) is 12.5 Å². The zero-order chi connectivity index (χ0) is 15.4. The number of amides is 1. The number of likely N-dealkylation sites (N-methyl/N-ethyl adjacent to an activating group) is 1. The fourth-order valence-corrected chi connectivity index (χ4v) is 2.17. The van der Waals surface area contributed by atoms with Gasteiger partial charge in [-0.25, -0.2) is 4.39 Å². The van der Waals surface area contributed by atoms with E-state index in [1.54, 1.807) is 24.3 Å². The van der Waals surface area contributed by atoms with Crippen molar-refractivity contribution >= 4 is 17.5 Å². The fraction of sp³-hybridized carbons (Fsp3) is 0.188. The van der Waals surface area contributed by atoms with E-state index in [0.29, 0.717) is 17.7 Å². The summed E-state index contributed by atoms with van der Waals surface area (Å²) in [6.45, 7) is 2.45. The molecule has 2 aromatic carbocycles. The Hall–Kier alpha value is -2.07. The highest BCUT2D eigenvalue weighted by molar-refractivity contribution is 6.32. The number of phenolic OH excluding ortho intramolecular Hbond substituents is 1. The lowest BCUT2D eigenvalue weighted by Gasteiger charge is -2.07. The number of hydrogen-bond acceptors (Lipinski definition) is 2. The number of carbonyl (C=O) groups excluding carboxylic acids is 1. The van der Waals surface area contributed by atoms with Gasteiger partial charge in [0, 0.05) is 18.2 Å². The van der Waals surface area contributed by atoms with Gasteiger partial charge in [0.05, 0.1) is 11.4 Å². The van der Waals surface area contributed by atoms with Crippen LogP contribution in [0, 0.1) is 5.82 Å². The van der Waals surface area contributed by atoms with Crippen LogP contribution in [0.25, 0.3) is 11.1 Å². The SMILES string of the molecule is CCNC(=O)Cc1ccc(-c2cc(Cl)c(O)cc2F)cc1. The average Bonchev–Trinajstić information content (AvgIpc) is 2.44. The Kier molecular flexibility index (Phi) is 4.81. The van der Waals surface area contributed by atoms with E-state index in [2.05, 4.69) is 5.32 Å². The molecule has 0 aliphatic carbocycles. The van der Waals surface area contributed by atoms with Crippen molar-refractivity contribution in [2.24, 2.45) is 0 Å². The number of benzene rings is 2. The van der Waals surface area contributed by atoms with Crippen molar-refractivity contribution in [1.82, 2.24) is 5.32 Å². The van der Waals surface area contributed by atoms with Crippen LogP contribution in [-0.2, 0) is 11.2 Å². The molecule has 5 heteroatoms. The average molecular weight is 308 g/mol. The molecule has 0 atom stereocenters. The predicted octanol–water partition coefficient (Wildman–Crippen LogP) is 3.53. The zero-order valence-electron chi connectivity index (χ0n) is 11.5. The number of hydrogen-bond donors (Lipinski definition) is 2. The summed E-state index contributed by atoms with van der Waals surface area (Å²) >= 11 is 5.80. The highest BCUT2D eigenvalue weighted by Gasteiger charge is 2.10. The van der Waals surface area contributed by atoms with E-state index in [1.807, 2.05) is 6.92 Å². The van der Waals surface area contributed by atoms with Gasteiger partial charge in [-0.05, 0) is 24.1 Å². The molecule has 0 bridgehead atoms. The zero-order valence-corrected chi connectivity index (χ0v) is 12.2. The van der Waals surface area contributed by atoms with E-state index in [-0.39, 0.29) is 23.1 Å². The maximum atomic E-state index is 13.8. The van der Waals surface area contributed by atoms with E-state index in [1.165, 1.54) is 6.07 Å². The highest BCUT2D eigenvalue weighted by Crippen LogP contribution is 2.32. The van der Waals surface area contributed by atoms with Gasteiger partial charge in [-0.3, -0.25) is 4.79 Å². The minimum Gasteiger partial charge on any atom is -0.506 e. The van der Waals surface area contributed by atoms with Crippen molar-refractivity contribution in [2.45, 2.75) is 13.3 Å². The van der Waals surface area contributed by atoms with E-state index in [9.17, 15) is 14.3 Å². The summed E-state index contributed by atoms with van der Waals surface area (Å²) in [6.07, 6.45) is 0.285. The Balaban J connectivity index is 2.23. The summed E-state index contributed by atoms with van der Waals surface area (Å²) in [5.74, 6) is -0.886. The van der Waals surface area contributed by atoms with Crippen LogP contribution < -0.4 is 5.32 Å². The molecule has 0 fully saturated rings. The van der Waals surface area contributed by atoms with Gasteiger partial charge < -0.3 is 10.4 Å². The minimum absolute atomic E-state index is 0.0518. The number of carbonyl (C=O) groups is 1. The third-order valence-electron chi connectivity index (χ3n) is 3.04. The molecule has 0 radical (unpaired) electrons. The molecule has 2 rings (SSSR count). The molecule has 0 unspecified atom stereocenters. The van der Waals surface area contributed by atoms with Gasteiger partial charge in [0.2, 0.25) is 5.91 Å². The second-order valence-electron chi connectivity index (χ2n) is 4.61. The first-order chi connectivity index (χ1) is 10.0. The molecular formula is C16H15ClFNO2. The van der Waals surface area contributed by atoms with Crippen molar-refractivity contribution in [1.29, 1.82) is 0 Å². The van der Waals surface area contributed by atoms with Gasteiger partial charge in [-0.1, -0.05) is 35.9 Å². The Labute approximate surface area is 127 Å². The maximum absolute atomic E-state index is 13.8. The molecule has 1 amide bonds. The monoisotopic (exact) mass is 307 g/mol. The number of aromatic hydroxyl groups is 1. The molecule has 0 spiro atoms. The van der Waals surface area contributed by atoms with Crippen LogP contribution in [0.5, 0.6) is 5.75 Å². The molecule has 0 aliphatic rings. The number of rotatable bonds is 4. The van der Waals surface area contributed by atoms with Crippen molar-refractivity contribution in [3.63, 3.8) is 0 Å². The Morgan fingerprint density at radius 1 is 1.29 bits per heavy atom. The number of nitrogens with one attached hydrogen (secondary N) is 1. The second-order valence-corrected chi connectivity index (χ2v) is 5.02. The lowest BCUT2D eigenvalue weighted by molar-refractivity contribution is -0.120. The van der Waals surface area contributed by atoms with E-state index in [4.69, 9.17) is 11.6 Å². The highest BCUT2D eigenvalue weighted by atomic mass is 35.5. The fourth-order valence-electron chi connectivity index (χ4n) is 2.00. The Bertz CT molecular complexity index is 656. The summed E-state index contributed by atoms with van der Waals surface area (Å²) < 4.78 is 13.8. The quantitative estimate of drug-likeness (QED) is 0.908. The lowest BCUT2D eigenvalue weighted by Crippen LogP contribution is -2.24. The molecule has 0 heterocycles. The van der Waals surface area contributed by atoms with Gasteiger partial charge in [0.1, 0.15) is 11.6 Å². The third-order valence-corrected chi connectivity index (χ3v) is 3.34.